The predicted octanol–water partition coefficient (Wildman–Crippen LogP) is 3.14. The molecule has 112 valence electrons. The molecule has 0 fully saturated rings. The van der Waals surface area contributed by atoms with Gasteiger partial charge in [-0.15, -0.1) is 0 Å². The van der Waals surface area contributed by atoms with Gasteiger partial charge in [0.25, 0.3) is 0 Å². The van der Waals surface area contributed by atoms with Crippen molar-refractivity contribution in [3.05, 3.63) is 53.1 Å². The Bertz CT molecular complexity index is 757. The smallest absolute Gasteiger partial charge is 0.228 e. The second-order valence-electron chi connectivity index (χ2n) is 4.72. The Morgan fingerprint density at radius 3 is 2.73 bits per heavy atom. The van der Waals surface area contributed by atoms with E-state index in [4.69, 9.17) is 16.1 Å². The summed E-state index contributed by atoms with van der Waals surface area (Å²) in [6.45, 7) is 2.54. The molecule has 2 heterocycles. The number of halogens is 1. The predicted molar refractivity (Wildman–Crippen MR) is 83.7 cm³/mol. The van der Waals surface area contributed by atoms with Gasteiger partial charge < -0.3 is 9.84 Å². The maximum absolute atomic E-state index is 5.86. The zero-order valence-corrected chi connectivity index (χ0v) is 12.7. The molecule has 2 aromatic heterocycles. The molecule has 22 heavy (non-hydrogen) atoms. The number of aryl methyl sites for hydroxylation is 1. The molecule has 1 aromatic carbocycles. The average molecular weight is 316 g/mol. The summed E-state index contributed by atoms with van der Waals surface area (Å²) in [5.41, 5.74) is 1.79. The van der Waals surface area contributed by atoms with Crippen molar-refractivity contribution in [1.29, 1.82) is 0 Å². The SMILES string of the molecule is Cc1ccnc(NCCc2nc(-c3ccc(Cl)cc3)no2)n1. The van der Waals surface area contributed by atoms with Crippen LogP contribution in [0.3, 0.4) is 0 Å². The van der Waals surface area contributed by atoms with Gasteiger partial charge in [-0.05, 0) is 37.3 Å². The van der Waals surface area contributed by atoms with Crippen molar-refractivity contribution in [2.45, 2.75) is 13.3 Å². The second-order valence-corrected chi connectivity index (χ2v) is 5.15. The van der Waals surface area contributed by atoms with Crippen molar-refractivity contribution in [3.8, 4) is 11.4 Å². The summed E-state index contributed by atoms with van der Waals surface area (Å²) in [5.74, 6) is 1.71. The lowest BCUT2D eigenvalue weighted by atomic mass is 10.2. The van der Waals surface area contributed by atoms with Crippen molar-refractivity contribution in [2.24, 2.45) is 0 Å². The molecule has 3 rings (SSSR count). The van der Waals surface area contributed by atoms with Crippen LogP contribution in [0.5, 0.6) is 0 Å². The molecule has 1 N–H and O–H groups in total. The van der Waals surface area contributed by atoms with Crippen LogP contribution < -0.4 is 5.32 Å². The lowest BCUT2D eigenvalue weighted by molar-refractivity contribution is 0.381. The van der Waals surface area contributed by atoms with Crippen molar-refractivity contribution < 1.29 is 4.52 Å². The minimum Gasteiger partial charge on any atom is -0.354 e. The summed E-state index contributed by atoms with van der Waals surface area (Å²) in [7, 11) is 0. The highest BCUT2D eigenvalue weighted by atomic mass is 35.5. The molecule has 3 aromatic rings. The van der Waals surface area contributed by atoms with E-state index >= 15 is 0 Å². The van der Waals surface area contributed by atoms with E-state index in [0.717, 1.165) is 11.3 Å². The zero-order valence-electron chi connectivity index (χ0n) is 12.0. The Balaban J connectivity index is 1.59. The molecule has 0 spiro atoms. The molecule has 0 amide bonds. The summed E-state index contributed by atoms with van der Waals surface area (Å²) in [6, 6.07) is 9.15. The van der Waals surface area contributed by atoms with Gasteiger partial charge in [0.2, 0.25) is 17.7 Å². The number of hydrogen-bond acceptors (Lipinski definition) is 6. The maximum atomic E-state index is 5.86. The molecule has 0 saturated heterocycles. The van der Waals surface area contributed by atoms with Gasteiger partial charge in [-0.1, -0.05) is 16.8 Å². The first kappa shape index (κ1) is 14.5. The van der Waals surface area contributed by atoms with E-state index in [0.29, 0.717) is 35.7 Å². The molecule has 0 aliphatic heterocycles. The van der Waals surface area contributed by atoms with E-state index in [9.17, 15) is 0 Å². The van der Waals surface area contributed by atoms with Gasteiger partial charge >= 0.3 is 0 Å². The second kappa shape index (κ2) is 6.53. The first-order valence-corrected chi connectivity index (χ1v) is 7.20. The van der Waals surface area contributed by atoms with Gasteiger partial charge in [0.1, 0.15) is 0 Å². The first-order valence-electron chi connectivity index (χ1n) is 6.83. The minimum atomic E-state index is 0.554. The number of anilines is 1. The van der Waals surface area contributed by atoms with Gasteiger partial charge in [-0.3, -0.25) is 0 Å². The normalized spacial score (nSPS) is 10.6. The molecule has 0 saturated carbocycles. The fourth-order valence-corrected chi connectivity index (χ4v) is 2.01. The van der Waals surface area contributed by atoms with Gasteiger partial charge in [-0.2, -0.15) is 4.98 Å². The van der Waals surface area contributed by atoms with E-state index in [1.54, 1.807) is 18.3 Å². The fourth-order valence-electron chi connectivity index (χ4n) is 1.89. The lowest BCUT2D eigenvalue weighted by Crippen LogP contribution is -2.08. The highest BCUT2D eigenvalue weighted by Gasteiger charge is 2.08. The van der Waals surface area contributed by atoms with Crippen LogP contribution in [0.15, 0.2) is 41.1 Å². The molecule has 6 nitrogen and oxygen atoms in total. The van der Waals surface area contributed by atoms with Gasteiger partial charge in [-0.25, -0.2) is 9.97 Å². The third kappa shape index (κ3) is 3.59. The van der Waals surface area contributed by atoms with Crippen LogP contribution in [-0.2, 0) is 6.42 Å². The summed E-state index contributed by atoms with van der Waals surface area (Å²) >= 11 is 5.86. The van der Waals surface area contributed by atoms with Crippen LogP contribution in [-0.4, -0.2) is 26.7 Å². The molecule has 7 heteroatoms. The van der Waals surface area contributed by atoms with E-state index in [1.807, 2.05) is 25.1 Å². The molecule has 0 atom stereocenters. The largest absolute Gasteiger partial charge is 0.354 e. The third-order valence-corrected chi connectivity index (χ3v) is 3.24. The number of hydrogen-bond donors (Lipinski definition) is 1. The van der Waals surface area contributed by atoms with Crippen molar-refractivity contribution in [3.63, 3.8) is 0 Å². The van der Waals surface area contributed by atoms with Gasteiger partial charge in [0, 0.05) is 35.4 Å². The average Bonchev–Trinajstić information content (AvgIpc) is 2.97. The molecule has 0 unspecified atom stereocenters. The van der Waals surface area contributed by atoms with Gasteiger partial charge in [0.05, 0.1) is 0 Å². The minimum absolute atomic E-state index is 0.554. The first-order chi connectivity index (χ1) is 10.7. The Labute approximate surface area is 132 Å². The monoisotopic (exact) mass is 315 g/mol. The van der Waals surface area contributed by atoms with Crippen LogP contribution in [0.1, 0.15) is 11.6 Å². The Morgan fingerprint density at radius 2 is 1.95 bits per heavy atom. The third-order valence-electron chi connectivity index (χ3n) is 2.99. The number of benzene rings is 1. The van der Waals surface area contributed by atoms with Crippen LogP contribution in [0.25, 0.3) is 11.4 Å². The lowest BCUT2D eigenvalue weighted by Gasteiger charge is -2.02. The number of rotatable bonds is 5. The standard InChI is InChI=1S/C15H14ClN5O/c1-10-6-8-17-15(19-10)18-9-7-13-20-14(21-22-13)11-2-4-12(16)5-3-11/h2-6,8H,7,9H2,1H3,(H,17,18,19). The van der Waals surface area contributed by atoms with Crippen molar-refractivity contribution in [2.75, 3.05) is 11.9 Å². The quantitative estimate of drug-likeness (QED) is 0.779. The topological polar surface area (TPSA) is 76.7 Å². The summed E-state index contributed by atoms with van der Waals surface area (Å²) in [6.07, 6.45) is 2.31. The van der Waals surface area contributed by atoms with Crippen molar-refractivity contribution in [1.82, 2.24) is 20.1 Å². The van der Waals surface area contributed by atoms with E-state index in [2.05, 4.69) is 25.4 Å². The van der Waals surface area contributed by atoms with Crippen LogP contribution in [0.4, 0.5) is 5.95 Å². The number of nitrogens with one attached hydrogen (secondary N) is 1. The Hall–Kier alpha value is -2.47. The van der Waals surface area contributed by atoms with Crippen LogP contribution in [0.2, 0.25) is 5.02 Å². The van der Waals surface area contributed by atoms with E-state index in [1.165, 1.54) is 0 Å². The molecular formula is C15H14ClN5O. The van der Waals surface area contributed by atoms with E-state index in [-0.39, 0.29) is 0 Å². The van der Waals surface area contributed by atoms with Crippen molar-refractivity contribution >= 4 is 17.5 Å². The Morgan fingerprint density at radius 1 is 1.14 bits per heavy atom. The van der Waals surface area contributed by atoms with Gasteiger partial charge in [0.15, 0.2) is 0 Å². The summed E-state index contributed by atoms with van der Waals surface area (Å²) < 4.78 is 5.24. The molecule has 0 aliphatic rings. The maximum Gasteiger partial charge on any atom is 0.228 e. The summed E-state index contributed by atoms with van der Waals surface area (Å²) in [4.78, 5) is 12.8. The highest BCUT2D eigenvalue weighted by Crippen LogP contribution is 2.18. The number of nitrogens with zero attached hydrogens (tertiary/aromatic N) is 4. The summed E-state index contributed by atoms with van der Waals surface area (Å²) in [5, 5.41) is 7.77. The molecule has 0 aliphatic carbocycles. The number of aromatic nitrogens is 4. The van der Waals surface area contributed by atoms with Crippen LogP contribution >= 0.6 is 11.6 Å². The highest BCUT2D eigenvalue weighted by molar-refractivity contribution is 6.30. The fraction of sp³-hybridized carbons (Fsp3) is 0.200. The Kier molecular flexibility index (Phi) is 4.29. The molecule has 0 bridgehead atoms. The zero-order chi connectivity index (χ0) is 15.4. The molecular weight excluding hydrogens is 302 g/mol. The van der Waals surface area contributed by atoms with E-state index < -0.39 is 0 Å². The molecule has 0 radical (unpaired) electrons. The van der Waals surface area contributed by atoms with Crippen LogP contribution in [0, 0.1) is 6.92 Å².